The summed E-state index contributed by atoms with van der Waals surface area (Å²) in [5.74, 6) is 0. The molecule has 31 heavy (non-hydrogen) atoms. The van der Waals surface area contributed by atoms with Crippen LogP contribution in [0.3, 0.4) is 0 Å². The van der Waals surface area contributed by atoms with Crippen molar-refractivity contribution in [3.63, 3.8) is 0 Å². The van der Waals surface area contributed by atoms with Crippen LogP contribution in [-0.4, -0.2) is 93.0 Å². The summed E-state index contributed by atoms with van der Waals surface area (Å²) < 4.78 is 22.9. The minimum absolute atomic E-state index is 0.374. The second kappa shape index (κ2) is 11.3. The second-order valence-corrected chi connectivity index (χ2v) is 8.65. The monoisotopic (exact) mass is 445 g/mol. The van der Waals surface area contributed by atoms with Crippen molar-refractivity contribution in [2.75, 3.05) is 6.61 Å². The van der Waals surface area contributed by atoms with Gasteiger partial charge < -0.3 is 44.5 Å². The van der Waals surface area contributed by atoms with Gasteiger partial charge in [-0.25, -0.2) is 0 Å². The van der Waals surface area contributed by atoms with Crippen molar-refractivity contribution < 1.29 is 44.5 Å². The van der Waals surface area contributed by atoms with Gasteiger partial charge in [-0.15, -0.1) is 6.58 Å². The fraction of sp³-hybridized carbons (Fsp3) is 0.773. The van der Waals surface area contributed by atoms with Gasteiger partial charge in [-0.05, 0) is 40.5 Å². The van der Waals surface area contributed by atoms with E-state index in [9.17, 15) is 25.5 Å². The molecular weight excluding hydrogens is 408 g/mol. The predicted octanol–water partition coefficient (Wildman–Crippen LogP) is 0.189. The summed E-state index contributed by atoms with van der Waals surface area (Å²) in [4.78, 5) is 0. The zero-order valence-electron chi connectivity index (χ0n) is 18.6. The van der Waals surface area contributed by atoms with E-state index in [0.29, 0.717) is 6.42 Å². The third-order valence-corrected chi connectivity index (χ3v) is 5.62. The molecule has 1 unspecified atom stereocenters. The van der Waals surface area contributed by atoms with Gasteiger partial charge in [-0.1, -0.05) is 17.7 Å². The summed E-state index contributed by atoms with van der Waals surface area (Å²) in [5.41, 5.74) is 0.367. The molecule has 0 saturated carbocycles. The predicted molar refractivity (Wildman–Crippen MR) is 112 cm³/mol. The fourth-order valence-corrected chi connectivity index (χ4v) is 3.51. The van der Waals surface area contributed by atoms with E-state index < -0.39 is 60.9 Å². The average Bonchev–Trinajstić information content (AvgIpc) is 2.72. The van der Waals surface area contributed by atoms with Crippen molar-refractivity contribution in [3.05, 3.63) is 30.7 Å². The Hall–Kier alpha value is -0.880. The van der Waals surface area contributed by atoms with Crippen molar-refractivity contribution in [3.8, 4) is 0 Å². The molecule has 5 N–H and O–H groups in total. The smallest absolute Gasteiger partial charge is 0.187 e. The van der Waals surface area contributed by atoms with E-state index in [1.54, 1.807) is 6.08 Å². The Morgan fingerprint density at radius 3 is 2.32 bits per heavy atom. The van der Waals surface area contributed by atoms with E-state index in [4.69, 9.17) is 18.9 Å². The van der Waals surface area contributed by atoms with Gasteiger partial charge in [0, 0.05) is 6.42 Å². The first kappa shape index (κ1) is 26.4. The molecule has 0 aromatic rings. The fourth-order valence-electron chi connectivity index (χ4n) is 3.51. The molecule has 2 fully saturated rings. The zero-order chi connectivity index (χ0) is 23.3. The summed E-state index contributed by atoms with van der Waals surface area (Å²) in [7, 11) is 0. The lowest BCUT2D eigenvalue weighted by Gasteiger charge is -2.45. The first-order chi connectivity index (χ1) is 14.5. The first-order valence-corrected chi connectivity index (χ1v) is 10.6. The lowest BCUT2D eigenvalue weighted by atomic mass is 9.97. The topological polar surface area (TPSA) is 138 Å². The van der Waals surface area contributed by atoms with Crippen molar-refractivity contribution in [2.24, 2.45) is 0 Å². The molecule has 2 aliphatic heterocycles. The molecule has 9 nitrogen and oxygen atoms in total. The van der Waals surface area contributed by atoms with Crippen LogP contribution < -0.4 is 0 Å². The number of aliphatic hydroxyl groups is 5. The number of hydrogen-bond donors (Lipinski definition) is 5. The highest BCUT2D eigenvalue weighted by atomic mass is 16.7. The molecule has 2 heterocycles. The van der Waals surface area contributed by atoms with Crippen LogP contribution >= 0.6 is 0 Å². The highest BCUT2D eigenvalue weighted by Crippen LogP contribution is 2.32. The van der Waals surface area contributed by atoms with E-state index in [1.165, 1.54) is 18.9 Å². The van der Waals surface area contributed by atoms with Crippen molar-refractivity contribution >= 4 is 0 Å². The van der Waals surface area contributed by atoms with Crippen LogP contribution in [0.2, 0.25) is 0 Å². The van der Waals surface area contributed by atoms with Crippen LogP contribution in [0.15, 0.2) is 24.3 Å². The molecule has 1 radical (unpaired) electrons. The third-order valence-electron chi connectivity index (χ3n) is 5.62. The summed E-state index contributed by atoms with van der Waals surface area (Å²) in [6, 6.07) is 0. The number of allylic oxidation sites excluding steroid dienone is 2. The Morgan fingerprint density at radius 1 is 1.06 bits per heavy atom. The lowest BCUT2D eigenvalue weighted by Crippen LogP contribution is -2.60. The minimum Gasteiger partial charge on any atom is -0.394 e. The van der Waals surface area contributed by atoms with Crippen LogP contribution in [-0.2, 0) is 18.9 Å². The molecule has 9 heteroatoms. The van der Waals surface area contributed by atoms with Crippen LogP contribution in [0, 0.1) is 6.42 Å². The molecule has 0 spiro atoms. The Bertz CT molecular complexity index is 608. The maximum absolute atomic E-state index is 10.8. The molecule has 2 aliphatic rings. The first-order valence-electron chi connectivity index (χ1n) is 10.6. The van der Waals surface area contributed by atoms with Crippen molar-refractivity contribution in [1.82, 2.24) is 0 Å². The SMILES string of the molecule is C=CC(C)(CCC=C(C)C)O[C@@H]1O[C@@H](CO)[CH][C@@H](O[C@@H]2O[C@@H](C)[C@H](O)[C@@H](O)[C@H]2O)[C@H]1O. The van der Waals surface area contributed by atoms with E-state index >= 15 is 0 Å². The van der Waals surface area contributed by atoms with Crippen molar-refractivity contribution in [1.29, 1.82) is 0 Å². The van der Waals surface area contributed by atoms with Gasteiger partial charge in [0.25, 0.3) is 0 Å². The summed E-state index contributed by atoms with van der Waals surface area (Å²) in [6.07, 6.45) is -4.14. The molecule has 10 atom stereocenters. The van der Waals surface area contributed by atoms with Crippen LogP contribution in [0.1, 0.15) is 40.5 Å². The van der Waals surface area contributed by atoms with Crippen LogP contribution in [0.4, 0.5) is 0 Å². The van der Waals surface area contributed by atoms with E-state index in [1.807, 2.05) is 20.8 Å². The summed E-state index contributed by atoms with van der Waals surface area (Å²) in [5, 5.41) is 50.5. The molecule has 0 aromatic carbocycles. The maximum Gasteiger partial charge on any atom is 0.187 e. The van der Waals surface area contributed by atoms with Gasteiger partial charge in [-0.2, -0.15) is 0 Å². The van der Waals surface area contributed by atoms with Gasteiger partial charge in [0.1, 0.15) is 24.4 Å². The van der Waals surface area contributed by atoms with Crippen LogP contribution in [0.25, 0.3) is 0 Å². The quantitative estimate of drug-likeness (QED) is 0.315. The number of hydrogen-bond acceptors (Lipinski definition) is 9. The second-order valence-electron chi connectivity index (χ2n) is 8.65. The molecule has 179 valence electrons. The number of ether oxygens (including phenoxy) is 4. The molecular formula is C22H37O9. The minimum atomic E-state index is -1.52. The number of rotatable bonds is 9. The van der Waals surface area contributed by atoms with Gasteiger partial charge in [-0.3, -0.25) is 0 Å². The number of aliphatic hydroxyl groups excluding tert-OH is 5. The normalized spacial score (nSPS) is 40.7. The average molecular weight is 446 g/mol. The van der Waals surface area contributed by atoms with Crippen molar-refractivity contribution in [2.45, 2.75) is 101 Å². The van der Waals surface area contributed by atoms with Gasteiger partial charge in [0.2, 0.25) is 0 Å². The van der Waals surface area contributed by atoms with Gasteiger partial charge in [0.15, 0.2) is 12.6 Å². The maximum atomic E-state index is 10.8. The largest absolute Gasteiger partial charge is 0.394 e. The van der Waals surface area contributed by atoms with E-state index in [2.05, 4.69) is 12.7 Å². The third kappa shape index (κ3) is 6.80. The van der Waals surface area contributed by atoms with E-state index in [-0.39, 0.29) is 6.61 Å². The lowest BCUT2D eigenvalue weighted by molar-refractivity contribution is -0.335. The molecule has 0 amide bonds. The Balaban J connectivity index is 2.10. The molecule has 0 bridgehead atoms. The standard InChI is InChI=1S/C22H37O9/c1-6-22(5,9-7-8-12(2)3)31-21-17(25)15(10-14(11-23)29-21)30-20-19(27)18(26)16(24)13(4)28-20/h6,8,10,13-21,23-27H,1,7,9,11H2,2-5H3/t13-,14+,15+,16-,17+,18+,19+,20-,21-,22?/m0/s1. The zero-order valence-corrected chi connectivity index (χ0v) is 18.6. The Morgan fingerprint density at radius 2 is 1.74 bits per heavy atom. The Labute approximate surface area is 183 Å². The van der Waals surface area contributed by atoms with Crippen LogP contribution in [0.5, 0.6) is 0 Å². The molecule has 2 rings (SSSR count). The summed E-state index contributed by atoms with van der Waals surface area (Å²) in [6.45, 7) is 10.8. The molecule has 0 aromatic heterocycles. The molecule has 2 saturated heterocycles. The van der Waals surface area contributed by atoms with Gasteiger partial charge >= 0.3 is 0 Å². The molecule has 0 aliphatic carbocycles. The van der Waals surface area contributed by atoms with Gasteiger partial charge in [0.05, 0.1) is 30.5 Å². The Kier molecular flexibility index (Phi) is 9.62. The van der Waals surface area contributed by atoms with E-state index in [0.717, 1.165) is 6.42 Å². The summed E-state index contributed by atoms with van der Waals surface area (Å²) >= 11 is 0. The highest BCUT2D eigenvalue weighted by Gasteiger charge is 2.47. The highest BCUT2D eigenvalue weighted by molar-refractivity contribution is 5.02.